The molecule has 10 rings (SSSR count). The van der Waals surface area contributed by atoms with Gasteiger partial charge in [0, 0.05) is 0 Å². The zero-order valence-electron chi connectivity index (χ0n) is 41.3. The average Bonchev–Trinajstić information content (AvgIpc) is 2.89. The quantitative estimate of drug-likeness (QED) is 0.107. The molecule has 80 heavy (non-hydrogen) atoms. The summed E-state index contributed by atoms with van der Waals surface area (Å²) < 4.78 is 328. The molecule has 32 heteroatoms. The Morgan fingerprint density at radius 1 is 0.275 bits per heavy atom. The van der Waals surface area contributed by atoms with Gasteiger partial charge in [-0.3, -0.25) is 0 Å². The third-order valence-electron chi connectivity index (χ3n) is 14.9. The van der Waals surface area contributed by atoms with E-state index in [4.69, 9.17) is 17.8 Å². The van der Waals surface area contributed by atoms with Crippen LogP contribution in [-0.4, -0.2) is 45.6 Å². The van der Waals surface area contributed by atoms with Crippen LogP contribution < -0.4 is 11.0 Å². The molecule has 0 unspecified atom stereocenters. The summed E-state index contributed by atoms with van der Waals surface area (Å²) in [5.74, 6) is -8.12. The van der Waals surface area contributed by atoms with Gasteiger partial charge in [-0.05, 0) is 0 Å². The number of nitrogens with zero attached hydrogens (tertiary/aromatic N) is 8. The topological polar surface area (TPSA) is 84.0 Å². The van der Waals surface area contributed by atoms with Gasteiger partial charge in [0.15, 0.2) is 0 Å². The van der Waals surface area contributed by atoms with E-state index in [1.165, 1.54) is 13.8 Å². The minimum atomic E-state index is -7.45. The molecule has 0 fully saturated rings. The predicted molar refractivity (Wildman–Crippen MR) is 250 cm³/mol. The van der Waals surface area contributed by atoms with Crippen LogP contribution in [0.3, 0.4) is 0 Å². The summed E-state index contributed by atoms with van der Waals surface area (Å²) in [6, 6.07) is 0. The Morgan fingerprint density at radius 2 is 0.637 bits per heavy atom. The van der Waals surface area contributed by atoms with Crippen molar-refractivity contribution in [1.82, 2.24) is 5.58 Å². The van der Waals surface area contributed by atoms with Gasteiger partial charge in [0.1, 0.15) is 0 Å². The van der Waals surface area contributed by atoms with Crippen LogP contribution in [0.25, 0.3) is 21.5 Å². The number of alkyl halides is 21. The maximum atomic E-state index is 16.0. The normalized spacial score (nSPS) is 16.4. The summed E-state index contributed by atoms with van der Waals surface area (Å²) in [5.41, 5.74) is -33.2. The van der Waals surface area contributed by atoms with Crippen molar-refractivity contribution in [3.63, 3.8) is 0 Å². The third kappa shape index (κ3) is 7.82. The van der Waals surface area contributed by atoms with Gasteiger partial charge in [0.25, 0.3) is 0 Å². The summed E-state index contributed by atoms with van der Waals surface area (Å²) in [6.45, 7) is 7.53. The number of benzene rings is 4. The fourth-order valence-corrected chi connectivity index (χ4v) is 21.1. The Kier molecular flexibility index (Phi) is 12.1. The number of amidine groups is 4. The number of aromatic nitrogens is 2. The van der Waals surface area contributed by atoms with Crippen molar-refractivity contribution in [3.05, 3.63) is 122 Å². The number of aryl methyl sites for hydroxylation is 2. The molecule has 4 aliphatic heterocycles. The van der Waals surface area contributed by atoms with Gasteiger partial charge < -0.3 is 0 Å². The number of aliphatic imine (C=N–C) groups is 4. The fourth-order valence-electron chi connectivity index (χ4n) is 11.5. The van der Waals surface area contributed by atoms with Crippen molar-refractivity contribution in [2.75, 3.05) is 0 Å². The van der Waals surface area contributed by atoms with E-state index in [0.717, 1.165) is 27.7 Å². The molecule has 0 aliphatic carbocycles. The van der Waals surface area contributed by atoms with E-state index >= 15 is 92.2 Å². The van der Waals surface area contributed by atoms with Crippen LogP contribution in [0.4, 0.5) is 104 Å². The van der Waals surface area contributed by atoms with Gasteiger partial charge in [-0.2, -0.15) is 0 Å². The third-order valence-corrected chi connectivity index (χ3v) is 25.0. The van der Waals surface area contributed by atoms with Crippen molar-refractivity contribution < 1.29 is 92.2 Å². The van der Waals surface area contributed by atoms with E-state index < -0.39 is 216 Å². The van der Waals surface area contributed by atoms with Crippen molar-refractivity contribution in [2.45, 2.75) is 106 Å². The Labute approximate surface area is 444 Å². The van der Waals surface area contributed by atoms with Crippen LogP contribution in [-0.2, 0) is 43.2 Å². The molecular weight excluding hydrogens is 1280 g/mol. The number of rotatable bonds is 0. The molecule has 0 saturated carbocycles. The first-order valence-electron chi connectivity index (χ1n) is 22.6. The van der Waals surface area contributed by atoms with Gasteiger partial charge in [0.05, 0.1) is 0 Å². The Bertz CT molecular complexity index is 4190. The molecule has 0 radical (unpaired) electrons. The summed E-state index contributed by atoms with van der Waals surface area (Å²) in [5, 5.41) is -5.24. The molecule has 424 valence electrons. The van der Waals surface area contributed by atoms with Crippen molar-refractivity contribution in [3.8, 4) is 0 Å². The number of hydrogen-bond donors (Lipinski definition) is 0. The zero-order chi connectivity index (χ0) is 59.9. The second-order valence-electron chi connectivity index (χ2n) is 19.2. The first-order chi connectivity index (χ1) is 36.2. The minimum absolute atomic E-state index is 0.107. The van der Waals surface area contributed by atoms with E-state index in [1.54, 1.807) is 0 Å². The van der Waals surface area contributed by atoms with Gasteiger partial charge in [0.2, 0.25) is 0 Å². The molecule has 0 atom stereocenters. The molecule has 4 aliphatic rings. The molecule has 6 aromatic rings. The van der Waals surface area contributed by atoms with Crippen LogP contribution in [0.15, 0.2) is 30.0 Å². The van der Waals surface area contributed by atoms with Gasteiger partial charge in [-0.15, -0.1) is 0 Å². The predicted octanol–water partition coefficient (Wildman–Crippen LogP) is 15.8. The van der Waals surface area contributed by atoms with Crippen LogP contribution in [0.1, 0.15) is 111 Å². The van der Waals surface area contributed by atoms with E-state index in [2.05, 4.69) is 30.0 Å². The Balaban J connectivity index is 1.68. The molecule has 6 bridgehead atoms. The first-order valence-corrected chi connectivity index (χ1v) is 32.4. The van der Waals surface area contributed by atoms with Crippen molar-refractivity contribution in [1.29, 1.82) is 0 Å². The molecule has 4 aromatic carbocycles. The van der Waals surface area contributed by atoms with E-state index in [1.807, 2.05) is 0 Å². The number of halogens is 23. The van der Waals surface area contributed by atoms with Crippen LogP contribution >= 0.6 is 17.8 Å². The molecule has 6 heterocycles. The van der Waals surface area contributed by atoms with Crippen molar-refractivity contribution >= 4 is 91.0 Å². The van der Waals surface area contributed by atoms with E-state index in [9.17, 15) is 0 Å². The first kappa shape index (κ1) is 57.4. The average molecular weight is 1300 g/mol. The molecular formula is C48H27Cl2F21N8Sn. The molecule has 0 N–H and O–H groups in total. The van der Waals surface area contributed by atoms with Crippen LogP contribution in [0.2, 0.25) is 0 Å². The van der Waals surface area contributed by atoms with E-state index in [-0.39, 0.29) is 38.9 Å². The van der Waals surface area contributed by atoms with Crippen LogP contribution in [0, 0.1) is 62.3 Å². The molecule has 0 spiro atoms. The van der Waals surface area contributed by atoms with Gasteiger partial charge >= 0.3 is 447 Å². The second-order valence-corrected chi connectivity index (χ2v) is 33.0. The monoisotopic (exact) mass is 1300 g/mol. The summed E-state index contributed by atoms with van der Waals surface area (Å²) >= 11 is -7.45. The molecule has 0 saturated heterocycles. The van der Waals surface area contributed by atoms with Gasteiger partial charge in [-0.1, -0.05) is 0 Å². The van der Waals surface area contributed by atoms with Gasteiger partial charge in [-0.25, -0.2) is 0 Å². The second kappa shape index (κ2) is 16.9. The number of fused-ring (bicyclic) bond motifs is 14. The maximum absolute atomic E-state index is 16.0. The SMILES string of the molecule is Cc1c(C)c2c(c(C(F)(F)F)c1C)C1=NC2=Nc2c3c(C)c(C)c(C)c(C(F)(F)F)c3c3[n]2[Sn]([Cl])([Cl])[n]2c(c4c(C)c(C(F)(F)F)c(C)c(C(F)(F)F)c4c2=NC2=NC(=N3)c3c(C)c(C(F)(F)F)c(C(F)(F)F)c(C(F)(F)F)c32)=N1. The zero-order valence-corrected chi connectivity index (χ0v) is 45.6. The molecule has 2 aromatic heterocycles. The Hall–Kier alpha value is -5.85. The fraction of sp³-hybridized carbons (Fsp3) is 0.333. The summed E-state index contributed by atoms with van der Waals surface area (Å²) in [4.78, 5) is 24.7. The van der Waals surface area contributed by atoms with Crippen molar-refractivity contribution in [2.24, 2.45) is 30.0 Å². The standard InChI is InChI=1S/C48H27F21N8.2ClH.Sn/c1-10-12(3)19-23(28(14(10)5)43(52,53)54)38-71-34(19)70-35-20-13(4)11(2)15(6)29(44(55,56)57)24(20)39(72-35)75-37-22-17(8)31(46(61,62)63)33(48(67,68)69)32(47(64,65)66)26(22)41(76-37)77-40-25-21(36(73-38)74-40)16(7)27(42(49,50)51)18(9)30(25)45(58,59)60;;;/h1-9H3;2*1H;/q-2;;;+4/p-2. The summed E-state index contributed by atoms with van der Waals surface area (Å²) in [7, 11) is 15.2. The number of hydrogen-bond acceptors (Lipinski definition) is 6. The Morgan fingerprint density at radius 3 is 1.09 bits per heavy atom. The van der Waals surface area contributed by atoms with E-state index in [0.29, 0.717) is 9.71 Å². The molecule has 8 nitrogen and oxygen atoms in total. The molecule has 0 amide bonds. The summed E-state index contributed by atoms with van der Waals surface area (Å²) in [6.07, 6.45) is -42.7. The van der Waals surface area contributed by atoms with Crippen LogP contribution in [0.5, 0.6) is 0 Å².